The van der Waals surface area contributed by atoms with E-state index < -0.39 is 20.0 Å². The molecule has 172 valence electrons. The van der Waals surface area contributed by atoms with E-state index in [1.807, 2.05) is 0 Å². The molecule has 1 aromatic carbocycles. The van der Waals surface area contributed by atoms with E-state index in [2.05, 4.69) is 18.9 Å². The largest absolute Gasteiger partial charge is 0.498 e. The number of azide groups is 2. The van der Waals surface area contributed by atoms with Crippen LogP contribution in [0.25, 0.3) is 20.9 Å². The van der Waals surface area contributed by atoms with E-state index in [0.717, 1.165) is 25.7 Å². The number of hydrogen-bond acceptors (Lipinski definition) is 6. The van der Waals surface area contributed by atoms with Gasteiger partial charge in [-0.15, -0.1) is 0 Å². The Labute approximate surface area is 185 Å². The van der Waals surface area contributed by atoms with Gasteiger partial charge in [0.25, 0.3) is 20.0 Å². The molecule has 0 N–H and O–H groups in total. The van der Waals surface area contributed by atoms with Crippen LogP contribution in [0.2, 0.25) is 0 Å². The van der Waals surface area contributed by atoms with Crippen LogP contribution in [0.5, 0.6) is 5.75 Å². The van der Waals surface area contributed by atoms with Crippen molar-refractivity contribution >= 4 is 20.0 Å². The Morgan fingerprint density at radius 1 is 0.781 bits per heavy atom. The molecule has 1 aliphatic rings. The predicted molar refractivity (Wildman–Crippen MR) is 116 cm³/mol. The highest BCUT2D eigenvalue weighted by Gasteiger charge is 2.19. The molecule has 0 unspecified atom stereocenters. The van der Waals surface area contributed by atoms with E-state index >= 15 is 0 Å². The van der Waals surface area contributed by atoms with E-state index in [4.69, 9.17) is 20.5 Å². The van der Waals surface area contributed by atoms with Crippen LogP contribution >= 0.6 is 0 Å². The van der Waals surface area contributed by atoms with Crippen molar-refractivity contribution in [1.82, 2.24) is 0 Å². The maximum atomic E-state index is 11.6. The summed E-state index contributed by atoms with van der Waals surface area (Å²) in [6, 6.07) is 5.65. The zero-order chi connectivity index (χ0) is 23.5. The number of allylic oxidation sites excluding steroid dienone is 4. The maximum absolute atomic E-state index is 11.6. The predicted octanol–water partition coefficient (Wildman–Crippen LogP) is 4.84. The van der Waals surface area contributed by atoms with Crippen molar-refractivity contribution in [2.24, 2.45) is 9.04 Å². The zero-order valence-corrected chi connectivity index (χ0v) is 18.7. The van der Waals surface area contributed by atoms with Gasteiger partial charge in [-0.05, 0) is 79.6 Å². The standard InChI is InChI=1S/C18H22N6O6S2/c19-21-23-31(25,26)17-9-5-15(6-10-17)29-13-3-1-2-4-14-30-16-7-11-18(12-8-16)32(27,28)24-22-20/h5-7,9-11H,1-4,8,12-14H2. The molecule has 0 saturated carbocycles. The average Bonchev–Trinajstić information content (AvgIpc) is 2.76. The Morgan fingerprint density at radius 3 is 1.94 bits per heavy atom. The molecule has 0 saturated heterocycles. The normalized spacial score (nSPS) is 13.8. The molecule has 0 aliphatic heterocycles. The lowest BCUT2D eigenvalue weighted by Gasteiger charge is -2.14. The summed E-state index contributed by atoms with van der Waals surface area (Å²) < 4.78 is 63.3. The number of sulfonamides is 2. The fraction of sp³-hybridized carbons (Fsp3) is 0.444. The second-order valence-electron chi connectivity index (χ2n) is 6.64. The third-order valence-electron chi connectivity index (χ3n) is 4.41. The van der Waals surface area contributed by atoms with Crippen LogP contribution in [0.1, 0.15) is 38.5 Å². The number of nitrogens with zero attached hydrogens (tertiary/aromatic N) is 6. The first-order valence-electron chi connectivity index (χ1n) is 9.66. The Balaban J connectivity index is 1.61. The first-order chi connectivity index (χ1) is 15.3. The highest BCUT2D eigenvalue weighted by atomic mass is 32.2. The number of unbranched alkanes of at least 4 members (excludes halogenated alkanes) is 3. The lowest BCUT2D eigenvalue weighted by molar-refractivity contribution is 0.194. The van der Waals surface area contributed by atoms with Crippen molar-refractivity contribution in [2.45, 2.75) is 43.4 Å². The third kappa shape index (κ3) is 7.82. The number of ether oxygens (including phenoxy) is 2. The van der Waals surface area contributed by atoms with E-state index in [9.17, 15) is 16.8 Å². The summed E-state index contributed by atoms with van der Waals surface area (Å²) in [6.45, 7) is 0.988. The van der Waals surface area contributed by atoms with Gasteiger partial charge in [0.1, 0.15) is 5.75 Å². The Kier molecular flexibility index (Phi) is 9.41. The minimum absolute atomic E-state index is 0.0783. The zero-order valence-electron chi connectivity index (χ0n) is 17.1. The van der Waals surface area contributed by atoms with Gasteiger partial charge in [-0.2, -0.15) is 0 Å². The average molecular weight is 483 g/mol. The van der Waals surface area contributed by atoms with Crippen molar-refractivity contribution in [3.8, 4) is 5.75 Å². The third-order valence-corrected chi connectivity index (χ3v) is 6.86. The van der Waals surface area contributed by atoms with E-state index in [0.29, 0.717) is 31.1 Å². The smallest absolute Gasteiger partial charge is 0.264 e. The fourth-order valence-corrected chi connectivity index (χ4v) is 4.26. The maximum Gasteiger partial charge on any atom is 0.264 e. The molecular weight excluding hydrogens is 460 g/mol. The molecule has 1 aromatic rings. The van der Waals surface area contributed by atoms with Gasteiger partial charge in [-0.25, -0.2) is 16.8 Å². The van der Waals surface area contributed by atoms with E-state index in [-0.39, 0.29) is 16.2 Å². The summed E-state index contributed by atoms with van der Waals surface area (Å²) in [5.74, 6) is 1.21. The van der Waals surface area contributed by atoms with Crippen LogP contribution in [0, 0.1) is 0 Å². The summed E-state index contributed by atoms with van der Waals surface area (Å²) in [7, 11) is -7.91. The minimum atomic E-state index is -4.00. The SMILES string of the molecule is [N-]=[N+]=NS(=O)(=O)C1=CC=C(OCCCCCCOc2ccc(S(=O)(=O)N=[N+]=[N-])cc2)CC1. The monoisotopic (exact) mass is 482 g/mol. The summed E-state index contributed by atoms with van der Waals surface area (Å²) in [6.07, 6.45) is 7.14. The second kappa shape index (κ2) is 12.0. The Bertz CT molecular complexity index is 1160. The summed E-state index contributed by atoms with van der Waals surface area (Å²) in [5, 5.41) is 0. The van der Waals surface area contributed by atoms with Gasteiger partial charge in [0.15, 0.2) is 0 Å². The molecule has 1 aliphatic carbocycles. The molecule has 14 heteroatoms. The van der Waals surface area contributed by atoms with Crippen molar-refractivity contribution in [3.63, 3.8) is 0 Å². The first-order valence-corrected chi connectivity index (χ1v) is 12.5. The van der Waals surface area contributed by atoms with Gasteiger partial charge in [0.2, 0.25) is 0 Å². The lowest BCUT2D eigenvalue weighted by Crippen LogP contribution is -2.05. The highest BCUT2D eigenvalue weighted by Crippen LogP contribution is 2.24. The summed E-state index contributed by atoms with van der Waals surface area (Å²) in [4.78, 5) is 4.61. The summed E-state index contributed by atoms with van der Waals surface area (Å²) >= 11 is 0. The lowest BCUT2D eigenvalue weighted by atomic mass is 10.1. The minimum Gasteiger partial charge on any atom is -0.498 e. The number of hydrogen-bond donors (Lipinski definition) is 0. The topological polar surface area (TPSA) is 184 Å². The molecule has 0 radical (unpaired) electrons. The van der Waals surface area contributed by atoms with E-state index in [1.165, 1.54) is 30.3 Å². The van der Waals surface area contributed by atoms with E-state index in [1.54, 1.807) is 6.08 Å². The molecule has 2 rings (SSSR count). The molecule has 0 aromatic heterocycles. The van der Waals surface area contributed by atoms with Gasteiger partial charge in [0, 0.05) is 25.3 Å². The van der Waals surface area contributed by atoms with Crippen LogP contribution in [0.15, 0.2) is 61.0 Å². The van der Waals surface area contributed by atoms with Crippen LogP contribution in [0.4, 0.5) is 0 Å². The second-order valence-corrected chi connectivity index (χ2v) is 9.86. The van der Waals surface area contributed by atoms with Crippen molar-refractivity contribution in [2.75, 3.05) is 13.2 Å². The molecular formula is C18H22N6O6S2. The highest BCUT2D eigenvalue weighted by molar-refractivity contribution is 7.93. The molecule has 12 nitrogen and oxygen atoms in total. The Hall–Kier alpha value is -3.18. The van der Waals surface area contributed by atoms with Crippen molar-refractivity contribution in [3.05, 3.63) is 68.0 Å². The molecule has 0 amide bonds. The summed E-state index contributed by atoms with van der Waals surface area (Å²) in [5.41, 5.74) is 16.6. The molecule has 0 atom stereocenters. The van der Waals surface area contributed by atoms with Gasteiger partial charge in [-0.1, -0.05) is 0 Å². The van der Waals surface area contributed by atoms with Crippen LogP contribution in [0.3, 0.4) is 0 Å². The molecule has 32 heavy (non-hydrogen) atoms. The Morgan fingerprint density at radius 2 is 1.38 bits per heavy atom. The molecule has 0 bridgehead atoms. The van der Waals surface area contributed by atoms with Gasteiger partial charge < -0.3 is 9.47 Å². The van der Waals surface area contributed by atoms with Gasteiger partial charge >= 0.3 is 0 Å². The number of benzene rings is 1. The van der Waals surface area contributed by atoms with Gasteiger partial charge in [0.05, 0.1) is 28.8 Å². The van der Waals surface area contributed by atoms with Crippen LogP contribution < -0.4 is 4.74 Å². The molecule has 0 spiro atoms. The van der Waals surface area contributed by atoms with Crippen molar-refractivity contribution in [1.29, 1.82) is 0 Å². The van der Waals surface area contributed by atoms with Crippen molar-refractivity contribution < 1.29 is 26.3 Å². The quantitative estimate of drug-likeness (QED) is 0.167. The molecule has 0 fully saturated rings. The first kappa shape index (κ1) is 25.1. The fourth-order valence-electron chi connectivity index (χ4n) is 2.79. The van der Waals surface area contributed by atoms with Gasteiger partial charge in [-0.3, -0.25) is 0 Å². The van der Waals surface area contributed by atoms with Crippen LogP contribution in [-0.2, 0) is 24.8 Å². The molecule has 0 heterocycles. The van der Waals surface area contributed by atoms with Crippen LogP contribution in [-0.4, -0.2) is 30.0 Å². The number of rotatable bonds is 13.